The molecule has 130 valence electrons. The average Bonchev–Trinajstić information content (AvgIpc) is 3.05. The van der Waals surface area contributed by atoms with Gasteiger partial charge >= 0.3 is 0 Å². The molecule has 8 heteroatoms. The number of nitrogens with one attached hydrogen (secondary N) is 1. The molecule has 7 nitrogen and oxygen atoms in total. The molecule has 2 rings (SSSR count). The van der Waals surface area contributed by atoms with Gasteiger partial charge in [-0.05, 0) is 34.9 Å². The van der Waals surface area contributed by atoms with E-state index in [4.69, 9.17) is 4.74 Å². The van der Waals surface area contributed by atoms with Crippen molar-refractivity contribution in [2.24, 2.45) is 5.92 Å². The zero-order chi connectivity index (χ0) is 17.2. The third kappa shape index (κ3) is 6.29. The van der Waals surface area contributed by atoms with Crippen LogP contribution in [0.3, 0.4) is 0 Å². The third-order valence-corrected chi connectivity index (χ3v) is 4.10. The molecular weight excluding hydrogens is 326 g/mol. The van der Waals surface area contributed by atoms with E-state index in [1.54, 1.807) is 4.68 Å². The zero-order valence-electron chi connectivity index (χ0n) is 14.0. The molecule has 24 heavy (non-hydrogen) atoms. The first-order valence-corrected chi connectivity index (χ1v) is 8.96. The Labute approximate surface area is 146 Å². The van der Waals surface area contributed by atoms with Gasteiger partial charge in [0.1, 0.15) is 0 Å². The second kappa shape index (κ2) is 10.0. The van der Waals surface area contributed by atoms with Crippen LogP contribution in [0.4, 0.5) is 0 Å². The van der Waals surface area contributed by atoms with E-state index in [-0.39, 0.29) is 11.7 Å². The average molecular weight is 349 g/mol. The standard InChI is InChI=1S/C16H23N5O2S/c1-13(2)8-10-23-11-9-17-15(22)12-24-16-18-19-20-21(16)14-6-4-3-5-7-14/h3-7,13H,8-12H2,1-2H3,(H,17,22). The van der Waals surface area contributed by atoms with Crippen molar-refractivity contribution in [2.45, 2.75) is 25.4 Å². The molecule has 2 aromatic rings. The molecule has 0 fully saturated rings. The summed E-state index contributed by atoms with van der Waals surface area (Å²) in [5, 5.41) is 15.0. The van der Waals surface area contributed by atoms with E-state index in [2.05, 4.69) is 34.7 Å². The Bertz CT molecular complexity index is 618. The molecule has 0 saturated carbocycles. The summed E-state index contributed by atoms with van der Waals surface area (Å²) in [6, 6.07) is 9.58. The van der Waals surface area contributed by atoms with Gasteiger partial charge < -0.3 is 10.1 Å². The Morgan fingerprint density at radius 2 is 2.08 bits per heavy atom. The number of hydrogen-bond acceptors (Lipinski definition) is 6. The minimum absolute atomic E-state index is 0.0601. The predicted molar refractivity (Wildman–Crippen MR) is 93.2 cm³/mol. The fourth-order valence-electron chi connectivity index (χ4n) is 1.87. The fraction of sp³-hybridized carbons (Fsp3) is 0.500. The molecule has 0 radical (unpaired) electrons. The molecule has 0 saturated heterocycles. The van der Waals surface area contributed by atoms with Crippen molar-refractivity contribution in [1.29, 1.82) is 0 Å². The summed E-state index contributed by atoms with van der Waals surface area (Å²) in [6.07, 6.45) is 1.03. The minimum Gasteiger partial charge on any atom is -0.380 e. The van der Waals surface area contributed by atoms with Gasteiger partial charge in [0.05, 0.1) is 18.0 Å². The molecule has 1 N–H and O–H groups in total. The molecule has 0 atom stereocenters. The number of hydrogen-bond donors (Lipinski definition) is 1. The van der Waals surface area contributed by atoms with E-state index >= 15 is 0 Å². The second-order valence-electron chi connectivity index (χ2n) is 5.64. The van der Waals surface area contributed by atoms with Gasteiger partial charge in [-0.15, -0.1) is 5.10 Å². The van der Waals surface area contributed by atoms with Crippen LogP contribution in [0.15, 0.2) is 35.5 Å². The van der Waals surface area contributed by atoms with Crippen LogP contribution in [0.1, 0.15) is 20.3 Å². The van der Waals surface area contributed by atoms with E-state index in [9.17, 15) is 4.79 Å². The molecule has 0 unspecified atom stereocenters. The highest BCUT2D eigenvalue weighted by atomic mass is 32.2. The van der Waals surface area contributed by atoms with E-state index in [0.29, 0.717) is 24.2 Å². The van der Waals surface area contributed by atoms with Gasteiger partial charge in [-0.2, -0.15) is 4.68 Å². The largest absolute Gasteiger partial charge is 0.380 e. The lowest BCUT2D eigenvalue weighted by Crippen LogP contribution is -2.29. The Hall–Kier alpha value is -1.93. The number of carbonyl (C=O) groups excluding carboxylic acids is 1. The van der Waals surface area contributed by atoms with Gasteiger partial charge in [-0.3, -0.25) is 4.79 Å². The van der Waals surface area contributed by atoms with Crippen molar-refractivity contribution in [3.63, 3.8) is 0 Å². The topological polar surface area (TPSA) is 81.9 Å². The summed E-state index contributed by atoms with van der Waals surface area (Å²) >= 11 is 1.30. The normalized spacial score (nSPS) is 11.0. The quantitative estimate of drug-likeness (QED) is 0.521. The number of tetrazole rings is 1. The monoisotopic (exact) mass is 349 g/mol. The van der Waals surface area contributed by atoms with Crippen LogP contribution in [0.2, 0.25) is 0 Å². The van der Waals surface area contributed by atoms with Crippen molar-refractivity contribution in [2.75, 3.05) is 25.5 Å². The molecule has 0 spiro atoms. The van der Waals surface area contributed by atoms with E-state index in [1.807, 2.05) is 30.3 Å². The molecule has 1 heterocycles. The van der Waals surface area contributed by atoms with Crippen LogP contribution in [-0.4, -0.2) is 51.6 Å². The van der Waals surface area contributed by atoms with Gasteiger partial charge in [-0.25, -0.2) is 0 Å². The molecule has 0 aliphatic carbocycles. The molecule has 1 aromatic heterocycles. The van der Waals surface area contributed by atoms with Gasteiger partial charge in [0, 0.05) is 13.2 Å². The second-order valence-corrected chi connectivity index (χ2v) is 6.58. The Morgan fingerprint density at radius 3 is 2.83 bits per heavy atom. The summed E-state index contributed by atoms with van der Waals surface area (Å²) in [5.41, 5.74) is 0.865. The highest BCUT2D eigenvalue weighted by Gasteiger charge is 2.11. The maximum absolute atomic E-state index is 11.9. The first kappa shape index (κ1) is 18.4. The number of ether oxygens (including phenoxy) is 1. The first-order chi connectivity index (χ1) is 11.7. The van der Waals surface area contributed by atoms with Crippen LogP contribution in [0, 0.1) is 5.92 Å². The summed E-state index contributed by atoms with van der Waals surface area (Å²) < 4.78 is 7.08. The van der Waals surface area contributed by atoms with Crippen molar-refractivity contribution in [1.82, 2.24) is 25.5 Å². The number of aromatic nitrogens is 4. The van der Waals surface area contributed by atoms with Crippen molar-refractivity contribution in [3.8, 4) is 5.69 Å². The Kier molecular flexibility index (Phi) is 7.70. The van der Waals surface area contributed by atoms with Gasteiger partial charge in [-0.1, -0.05) is 43.8 Å². The molecule has 0 aliphatic rings. The van der Waals surface area contributed by atoms with Gasteiger partial charge in [0.25, 0.3) is 0 Å². The van der Waals surface area contributed by atoms with Crippen molar-refractivity contribution >= 4 is 17.7 Å². The van der Waals surface area contributed by atoms with Crippen LogP contribution < -0.4 is 5.32 Å². The van der Waals surface area contributed by atoms with Crippen LogP contribution in [-0.2, 0) is 9.53 Å². The number of amides is 1. The molecule has 0 aliphatic heterocycles. The van der Waals surface area contributed by atoms with Gasteiger partial charge in [0.2, 0.25) is 11.1 Å². The van der Waals surface area contributed by atoms with Crippen LogP contribution >= 0.6 is 11.8 Å². The number of thioether (sulfide) groups is 1. The lowest BCUT2D eigenvalue weighted by Gasteiger charge is -2.08. The predicted octanol–water partition coefficient (Wildman–Crippen LogP) is 1.93. The first-order valence-electron chi connectivity index (χ1n) is 7.98. The molecule has 1 aromatic carbocycles. The van der Waals surface area contributed by atoms with Crippen molar-refractivity contribution in [3.05, 3.63) is 30.3 Å². The Balaban J connectivity index is 1.69. The molecule has 0 bridgehead atoms. The van der Waals surface area contributed by atoms with E-state index in [1.165, 1.54) is 11.8 Å². The number of para-hydroxylation sites is 1. The zero-order valence-corrected chi connectivity index (χ0v) is 14.8. The number of rotatable bonds is 10. The summed E-state index contributed by atoms with van der Waals surface area (Å²) in [4.78, 5) is 11.9. The smallest absolute Gasteiger partial charge is 0.230 e. The van der Waals surface area contributed by atoms with Crippen LogP contribution in [0.25, 0.3) is 5.69 Å². The lowest BCUT2D eigenvalue weighted by molar-refractivity contribution is -0.118. The van der Waals surface area contributed by atoms with Gasteiger partial charge in [0.15, 0.2) is 0 Å². The van der Waals surface area contributed by atoms with E-state index in [0.717, 1.165) is 18.7 Å². The molecular formula is C16H23N5O2S. The third-order valence-electron chi connectivity index (χ3n) is 3.18. The number of carbonyl (C=O) groups is 1. The summed E-state index contributed by atoms with van der Waals surface area (Å²) in [6.45, 7) is 6.09. The SMILES string of the molecule is CC(C)CCOCCNC(=O)CSc1nnnn1-c1ccccc1. The molecule has 1 amide bonds. The Morgan fingerprint density at radius 1 is 1.29 bits per heavy atom. The lowest BCUT2D eigenvalue weighted by atomic mass is 10.1. The summed E-state index contributed by atoms with van der Waals surface area (Å²) in [5.74, 6) is 0.834. The van der Waals surface area contributed by atoms with E-state index < -0.39 is 0 Å². The minimum atomic E-state index is -0.0601. The maximum Gasteiger partial charge on any atom is 0.230 e. The fourth-order valence-corrected chi connectivity index (χ4v) is 2.59. The van der Waals surface area contributed by atoms with Crippen LogP contribution in [0.5, 0.6) is 0 Å². The van der Waals surface area contributed by atoms with Crippen molar-refractivity contribution < 1.29 is 9.53 Å². The number of benzene rings is 1. The highest BCUT2D eigenvalue weighted by Crippen LogP contribution is 2.17. The number of nitrogens with zero attached hydrogens (tertiary/aromatic N) is 4. The maximum atomic E-state index is 11.9. The highest BCUT2D eigenvalue weighted by molar-refractivity contribution is 7.99. The summed E-state index contributed by atoms with van der Waals surface area (Å²) in [7, 11) is 0.